The first-order valence-corrected chi connectivity index (χ1v) is 7.64. The second-order valence-corrected chi connectivity index (χ2v) is 5.68. The third kappa shape index (κ3) is 2.72. The van der Waals surface area contributed by atoms with Crippen LogP contribution in [-0.4, -0.2) is 28.4 Å². The van der Waals surface area contributed by atoms with Gasteiger partial charge in [-0.2, -0.15) is 0 Å². The number of fused-ring (bicyclic) bond motifs is 1. The Balaban J connectivity index is 1.65. The molecule has 3 rings (SSSR count). The number of rotatable bonds is 6. The minimum atomic E-state index is 0.319. The number of hydrogen-bond donors (Lipinski definition) is 1. The van der Waals surface area contributed by atoms with Crippen LogP contribution in [0.1, 0.15) is 38.2 Å². The molecule has 0 bridgehead atoms. The van der Waals surface area contributed by atoms with Crippen LogP contribution in [0.25, 0.3) is 10.9 Å². The van der Waals surface area contributed by atoms with E-state index in [0.717, 1.165) is 24.9 Å². The van der Waals surface area contributed by atoms with Crippen LogP contribution in [0.5, 0.6) is 0 Å². The molecule has 1 aliphatic carbocycles. The van der Waals surface area contributed by atoms with E-state index in [9.17, 15) is 4.79 Å². The molecule has 20 heavy (non-hydrogen) atoms. The van der Waals surface area contributed by atoms with Crippen molar-refractivity contribution in [2.45, 2.75) is 45.1 Å². The van der Waals surface area contributed by atoms with Crippen molar-refractivity contribution in [3.63, 3.8) is 0 Å². The Morgan fingerprint density at radius 1 is 1.35 bits per heavy atom. The van der Waals surface area contributed by atoms with Crippen molar-refractivity contribution in [1.29, 1.82) is 0 Å². The van der Waals surface area contributed by atoms with Crippen LogP contribution in [0, 0.1) is 0 Å². The second kappa shape index (κ2) is 5.70. The van der Waals surface area contributed by atoms with Gasteiger partial charge in [-0.1, -0.05) is 25.1 Å². The topological polar surface area (TPSA) is 36.1 Å². The molecule has 1 heterocycles. The molecule has 0 radical (unpaired) electrons. The zero-order valence-electron chi connectivity index (χ0n) is 12.1. The number of carbonyl (C=O) groups is 1. The van der Waals surface area contributed by atoms with Crippen molar-refractivity contribution in [1.82, 2.24) is 9.88 Å². The summed E-state index contributed by atoms with van der Waals surface area (Å²) in [5.41, 5.74) is 2.41. The van der Waals surface area contributed by atoms with Crippen LogP contribution in [-0.2, 0) is 11.2 Å². The number of benzene rings is 1. The molecule has 1 aliphatic rings. The second-order valence-electron chi connectivity index (χ2n) is 5.68. The molecule has 3 heteroatoms. The number of aryl methyl sites for hydroxylation is 1. The lowest BCUT2D eigenvalue weighted by Crippen LogP contribution is -2.33. The molecule has 2 aromatic rings. The van der Waals surface area contributed by atoms with Gasteiger partial charge < -0.3 is 9.88 Å². The molecule has 1 saturated carbocycles. The Kier molecular flexibility index (Phi) is 3.77. The minimum Gasteiger partial charge on any atom is -0.361 e. The van der Waals surface area contributed by atoms with Gasteiger partial charge in [0, 0.05) is 36.1 Å². The van der Waals surface area contributed by atoms with E-state index in [0.29, 0.717) is 18.4 Å². The lowest BCUT2D eigenvalue weighted by molar-refractivity contribution is -0.131. The predicted octanol–water partition coefficient (Wildman–Crippen LogP) is 3.50. The quantitative estimate of drug-likeness (QED) is 0.856. The van der Waals surface area contributed by atoms with Gasteiger partial charge in [0.1, 0.15) is 0 Å². The molecule has 0 atom stereocenters. The Morgan fingerprint density at radius 3 is 2.90 bits per heavy atom. The highest BCUT2D eigenvalue weighted by atomic mass is 16.2. The summed E-state index contributed by atoms with van der Waals surface area (Å²) in [5, 5.41) is 1.24. The van der Waals surface area contributed by atoms with Crippen LogP contribution in [0.15, 0.2) is 30.5 Å². The van der Waals surface area contributed by atoms with Gasteiger partial charge >= 0.3 is 0 Å². The minimum absolute atomic E-state index is 0.319. The summed E-state index contributed by atoms with van der Waals surface area (Å²) in [7, 11) is 0. The Morgan fingerprint density at radius 2 is 2.15 bits per heavy atom. The zero-order chi connectivity index (χ0) is 13.9. The van der Waals surface area contributed by atoms with Gasteiger partial charge in [0.25, 0.3) is 0 Å². The van der Waals surface area contributed by atoms with Gasteiger partial charge in [-0.15, -0.1) is 0 Å². The van der Waals surface area contributed by atoms with Crippen molar-refractivity contribution < 1.29 is 4.79 Å². The van der Waals surface area contributed by atoms with E-state index in [1.807, 2.05) is 12.3 Å². The maximum atomic E-state index is 12.4. The molecule has 1 fully saturated rings. The zero-order valence-corrected chi connectivity index (χ0v) is 12.1. The highest BCUT2D eigenvalue weighted by molar-refractivity contribution is 5.84. The molecule has 1 N–H and O–H groups in total. The highest BCUT2D eigenvalue weighted by Crippen LogP contribution is 2.28. The number of H-pyrrole nitrogens is 1. The lowest BCUT2D eigenvalue weighted by Gasteiger charge is -2.21. The molecule has 0 unspecified atom stereocenters. The fraction of sp³-hybridized carbons (Fsp3) is 0.471. The summed E-state index contributed by atoms with van der Waals surface area (Å²) in [6, 6.07) is 8.81. The Bertz CT molecular complexity index is 598. The number of carbonyl (C=O) groups excluding carboxylic acids is 1. The Hall–Kier alpha value is -1.77. The highest BCUT2D eigenvalue weighted by Gasteiger charge is 2.31. The molecule has 0 aliphatic heterocycles. The number of para-hydroxylation sites is 1. The Labute approximate surface area is 120 Å². The summed E-state index contributed by atoms with van der Waals surface area (Å²) < 4.78 is 0. The lowest BCUT2D eigenvalue weighted by atomic mass is 10.1. The van der Waals surface area contributed by atoms with Crippen molar-refractivity contribution in [2.24, 2.45) is 0 Å². The smallest absolute Gasteiger partial charge is 0.223 e. The van der Waals surface area contributed by atoms with Gasteiger partial charge in [0.15, 0.2) is 0 Å². The van der Waals surface area contributed by atoms with Crippen molar-refractivity contribution >= 4 is 16.8 Å². The number of aromatic amines is 1. The summed E-state index contributed by atoms with van der Waals surface area (Å²) in [6.07, 6.45) is 6.93. The third-order valence-electron chi connectivity index (χ3n) is 4.06. The van der Waals surface area contributed by atoms with Crippen LogP contribution < -0.4 is 0 Å². The average Bonchev–Trinajstić information content (AvgIpc) is 3.22. The van der Waals surface area contributed by atoms with E-state index in [-0.39, 0.29) is 0 Å². The average molecular weight is 270 g/mol. The maximum Gasteiger partial charge on any atom is 0.223 e. The van der Waals surface area contributed by atoms with E-state index >= 15 is 0 Å². The third-order valence-corrected chi connectivity index (χ3v) is 4.06. The number of amides is 1. The van der Waals surface area contributed by atoms with Gasteiger partial charge in [0.2, 0.25) is 5.91 Å². The van der Waals surface area contributed by atoms with Gasteiger partial charge in [-0.3, -0.25) is 4.79 Å². The van der Waals surface area contributed by atoms with Crippen LogP contribution in [0.3, 0.4) is 0 Å². The summed E-state index contributed by atoms with van der Waals surface area (Å²) >= 11 is 0. The van der Waals surface area contributed by atoms with Crippen LogP contribution >= 0.6 is 0 Å². The summed E-state index contributed by atoms with van der Waals surface area (Å²) in [5.74, 6) is 0.319. The standard InChI is InChI=1S/C17H22N2O/c1-2-11-19(14-8-9-14)17(20)10-7-13-12-18-16-6-4-3-5-15(13)16/h3-6,12,14,18H,2,7-11H2,1H3. The number of hydrogen-bond acceptors (Lipinski definition) is 1. The number of nitrogens with one attached hydrogen (secondary N) is 1. The van der Waals surface area contributed by atoms with E-state index in [4.69, 9.17) is 0 Å². The van der Waals surface area contributed by atoms with E-state index < -0.39 is 0 Å². The normalized spacial score (nSPS) is 14.7. The number of nitrogens with zero attached hydrogens (tertiary/aromatic N) is 1. The SMILES string of the molecule is CCCN(C(=O)CCc1c[nH]c2ccccc12)C1CC1. The van der Waals surface area contributed by atoms with Crippen molar-refractivity contribution in [3.8, 4) is 0 Å². The van der Waals surface area contributed by atoms with E-state index in [1.54, 1.807) is 0 Å². The fourth-order valence-electron chi connectivity index (χ4n) is 2.86. The molecule has 0 spiro atoms. The predicted molar refractivity (Wildman–Crippen MR) is 81.6 cm³/mol. The van der Waals surface area contributed by atoms with Gasteiger partial charge in [0.05, 0.1) is 0 Å². The van der Waals surface area contributed by atoms with Crippen molar-refractivity contribution in [3.05, 3.63) is 36.0 Å². The summed E-state index contributed by atoms with van der Waals surface area (Å²) in [4.78, 5) is 17.7. The van der Waals surface area contributed by atoms with Crippen LogP contribution in [0.4, 0.5) is 0 Å². The maximum absolute atomic E-state index is 12.4. The number of aromatic nitrogens is 1. The van der Waals surface area contributed by atoms with Crippen molar-refractivity contribution in [2.75, 3.05) is 6.54 Å². The molecule has 3 nitrogen and oxygen atoms in total. The summed E-state index contributed by atoms with van der Waals surface area (Å²) in [6.45, 7) is 3.06. The van der Waals surface area contributed by atoms with Crippen LogP contribution in [0.2, 0.25) is 0 Å². The molecule has 1 aromatic heterocycles. The van der Waals surface area contributed by atoms with E-state index in [1.165, 1.54) is 23.8 Å². The van der Waals surface area contributed by atoms with Gasteiger partial charge in [-0.25, -0.2) is 0 Å². The molecule has 1 aromatic carbocycles. The first-order chi connectivity index (χ1) is 9.79. The fourth-order valence-corrected chi connectivity index (χ4v) is 2.86. The first-order valence-electron chi connectivity index (χ1n) is 7.64. The monoisotopic (exact) mass is 270 g/mol. The molecular weight excluding hydrogens is 248 g/mol. The first kappa shape index (κ1) is 13.2. The largest absolute Gasteiger partial charge is 0.361 e. The molecule has 0 saturated heterocycles. The molecular formula is C17H22N2O. The molecule has 1 amide bonds. The molecule has 106 valence electrons. The van der Waals surface area contributed by atoms with Gasteiger partial charge in [-0.05, 0) is 37.3 Å². The van der Waals surface area contributed by atoms with E-state index in [2.05, 4.69) is 35.0 Å².